The summed E-state index contributed by atoms with van der Waals surface area (Å²) >= 11 is 6.35. The van der Waals surface area contributed by atoms with Crippen molar-refractivity contribution >= 4 is 17.5 Å². The molecule has 9 heteroatoms. The molecule has 1 atom stereocenters. The van der Waals surface area contributed by atoms with Gasteiger partial charge in [-0.2, -0.15) is 5.10 Å². The molecule has 0 saturated carbocycles. The number of hydrogen-bond acceptors (Lipinski definition) is 6. The molecule has 1 amide bonds. The van der Waals surface area contributed by atoms with Gasteiger partial charge in [-0.3, -0.25) is 9.89 Å². The summed E-state index contributed by atoms with van der Waals surface area (Å²) in [7, 11) is 0. The van der Waals surface area contributed by atoms with Crippen molar-refractivity contribution in [3.8, 4) is 28.5 Å². The summed E-state index contributed by atoms with van der Waals surface area (Å²) in [5, 5.41) is 28.6. The van der Waals surface area contributed by atoms with Crippen molar-refractivity contribution in [3.05, 3.63) is 81.9 Å². The zero-order valence-corrected chi connectivity index (χ0v) is 19.3. The zero-order valence-electron chi connectivity index (χ0n) is 18.5. The number of ether oxygens (including phenoxy) is 1. The molecule has 2 aromatic carbocycles. The topological polar surface area (TPSA) is 112 Å². The first-order valence-corrected chi connectivity index (χ1v) is 11.1. The number of nitrogens with one attached hydrogen (secondary N) is 1. The molecule has 3 heterocycles. The van der Waals surface area contributed by atoms with E-state index in [-0.39, 0.29) is 24.0 Å². The molecule has 5 rings (SSSR count). The van der Waals surface area contributed by atoms with E-state index in [0.29, 0.717) is 51.2 Å². The average Bonchev–Trinajstić information content (AvgIpc) is 3.53. The minimum Gasteiger partial charge on any atom is -0.507 e. The van der Waals surface area contributed by atoms with Crippen LogP contribution in [0.2, 0.25) is 5.02 Å². The molecular weight excluding hydrogens is 458 g/mol. The summed E-state index contributed by atoms with van der Waals surface area (Å²) in [6.07, 6.45) is 1.55. The number of amides is 1. The van der Waals surface area contributed by atoms with Crippen LogP contribution < -0.4 is 4.74 Å². The number of furan rings is 1. The van der Waals surface area contributed by atoms with E-state index in [1.807, 2.05) is 6.92 Å². The van der Waals surface area contributed by atoms with Crippen molar-refractivity contribution in [1.82, 2.24) is 15.1 Å². The molecule has 34 heavy (non-hydrogen) atoms. The minimum atomic E-state index is -0.583. The third-order valence-corrected chi connectivity index (χ3v) is 6.31. The molecule has 0 spiro atoms. The molecule has 0 fully saturated rings. The third-order valence-electron chi connectivity index (χ3n) is 5.90. The summed E-state index contributed by atoms with van der Waals surface area (Å²) in [5.41, 5.74) is 3.17. The Labute approximate surface area is 200 Å². The number of hydrogen-bond donors (Lipinski definition) is 3. The second kappa shape index (κ2) is 8.46. The predicted molar refractivity (Wildman–Crippen MR) is 125 cm³/mol. The van der Waals surface area contributed by atoms with Crippen molar-refractivity contribution in [2.24, 2.45) is 0 Å². The molecule has 4 aromatic rings. The van der Waals surface area contributed by atoms with E-state index in [1.54, 1.807) is 54.5 Å². The van der Waals surface area contributed by atoms with Crippen LogP contribution in [0, 0.1) is 6.92 Å². The Hall–Kier alpha value is -3.91. The van der Waals surface area contributed by atoms with Crippen molar-refractivity contribution in [1.29, 1.82) is 0 Å². The fourth-order valence-electron chi connectivity index (χ4n) is 4.31. The van der Waals surface area contributed by atoms with Crippen LogP contribution in [0.3, 0.4) is 0 Å². The van der Waals surface area contributed by atoms with E-state index >= 15 is 0 Å². The SMILES string of the molecule is CCOc1cc([C@H]2c3c(-c4cc(Cl)c(C)cc4O)n[nH]c3C(=O)N2Cc2ccco2)ccc1O. The maximum Gasteiger partial charge on any atom is 0.273 e. The first-order valence-electron chi connectivity index (χ1n) is 10.8. The van der Waals surface area contributed by atoms with E-state index in [9.17, 15) is 15.0 Å². The van der Waals surface area contributed by atoms with Gasteiger partial charge in [0, 0.05) is 16.1 Å². The van der Waals surface area contributed by atoms with Gasteiger partial charge >= 0.3 is 0 Å². The van der Waals surface area contributed by atoms with Crippen LogP contribution in [0.1, 0.15) is 45.9 Å². The molecule has 1 aliphatic heterocycles. The number of rotatable bonds is 6. The molecule has 0 bridgehead atoms. The van der Waals surface area contributed by atoms with Gasteiger partial charge < -0.3 is 24.3 Å². The third kappa shape index (κ3) is 3.56. The molecule has 0 aliphatic carbocycles. The van der Waals surface area contributed by atoms with Crippen LogP contribution >= 0.6 is 11.6 Å². The Kier molecular flexibility index (Phi) is 5.45. The Balaban J connectivity index is 1.70. The smallest absolute Gasteiger partial charge is 0.273 e. The average molecular weight is 480 g/mol. The number of halogens is 1. The number of carbonyl (C=O) groups excluding carboxylic acids is 1. The number of phenolic OH excluding ortho intramolecular Hbond substituents is 2. The Morgan fingerprint density at radius 3 is 2.76 bits per heavy atom. The number of nitrogens with zero attached hydrogens (tertiary/aromatic N) is 2. The van der Waals surface area contributed by atoms with Crippen LogP contribution in [0.25, 0.3) is 11.3 Å². The minimum absolute atomic E-state index is 0.00288. The molecule has 8 nitrogen and oxygen atoms in total. The van der Waals surface area contributed by atoms with E-state index in [4.69, 9.17) is 20.8 Å². The Bertz CT molecular complexity index is 1380. The standard InChI is InChI=1S/C25H22ClN3O5/c1-3-33-20-10-14(6-7-18(20)30)24-21-22(16-11-17(26)13(2)9-19(16)31)27-28-23(21)25(32)29(24)12-15-5-4-8-34-15/h4-11,24,30-31H,3,12H2,1-2H3,(H,27,28)/t24-/m0/s1. The Morgan fingerprint density at radius 1 is 1.21 bits per heavy atom. The van der Waals surface area contributed by atoms with Crippen LogP contribution in [0.15, 0.2) is 53.1 Å². The summed E-state index contributed by atoms with van der Waals surface area (Å²) in [6.45, 7) is 4.20. The summed E-state index contributed by atoms with van der Waals surface area (Å²) in [6, 6.07) is 11.2. The van der Waals surface area contributed by atoms with Gasteiger partial charge in [0.2, 0.25) is 0 Å². The fraction of sp³-hybridized carbons (Fsp3) is 0.200. The highest BCUT2D eigenvalue weighted by Gasteiger charge is 2.43. The Morgan fingerprint density at radius 2 is 2.03 bits per heavy atom. The molecule has 0 saturated heterocycles. The monoisotopic (exact) mass is 479 g/mol. The van der Waals surface area contributed by atoms with Gasteiger partial charge in [0.05, 0.1) is 25.5 Å². The largest absolute Gasteiger partial charge is 0.507 e. The number of carbonyl (C=O) groups is 1. The highest BCUT2D eigenvalue weighted by molar-refractivity contribution is 6.31. The van der Waals surface area contributed by atoms with Gasteiger partial charge in [0.25, 0.3) is 5.91 Å². The quantitative estimate of drug-likeness (QED) is 0.351. The van der Waals surface area contributed by atoms with Crippen molar-refractivity contribution < 1.29 is 24.2 Å². The second-order valence-corrected chi connectivity index (χ2v) is 8.46. The zero-order chi connectivity index (χ0) is 24.0. The summed E-state index contributed by atoms with van der Waals surface area (Å²) < 4.78 is 11.1. The molecule has 174 valence electrons. The number of aromatic amines is 1. The highest BCUT2D eigenvalue weighted by atomic mass is 35.5. The molecule has 3 N–H and O–H groups in total. The number of phenols is 2. The van der Waals surface area contributed by atoms with E-state index in [1.165, 1.54) is 6.07 Å². The van der Waals surface area contributed by atoms with Crippen molar-refractivity contribution in [3.63, 3.8) is 0 Å². The lowest BCUT2D eigenvalue weighted by Gasteiger charge is -2.26. The van der Waals surface area contributed by atoms with Gasteiger partial charge in [-0.05, 0) is 61.4 Å². The van der Waals surface area contributed by atoms with E-state index in [2.05, 4.69) is 10.2 Å². The highest BCUT2D eigenvalue weighted by Crippen LogP contribution is 2.47. The number of aromatic nitrogens is 2. The van der Waals surface area contributed by atoms with Crippen molar-refractivity contribution in [2.45, 2.75) is 26.4 Å². The van der Waals surface area contributed by atoms with Crippen LogP contribution in [-0.4, -0.2) is 37.8 Å². The molecule has 1 aliphatic rings. The van der Waals surface area contributed by atoms with Gasteiger partial charge in [-0.25, -0.2) is 0 Å². The summed E-state index contributed by atoms with van der Waals surface area (Å²) in [4.78, 5) is 15.1. The normalized spacial score (nSPS) is 15.1. The maximum absolute atomic E-state index is 13.5. The molecular formula is C25H22ClN3O5. The van der Waals surface area contributed by atoms with E-state index in [0.717, 1.165) is 5.56 Å². The number of benzene rings is 2. The lowest BCUT2D eigenvalue weighted by atomic mass is 9.95. The molecule has 0 radical (unpaired) electrons. The lowest BCUT2D eigenvalue weighted by molar-refractivity contribution is 0.0716. The fourth-order valence-corrected chi connectivity index (χ4v) is 4.47. The number of fused-ring (bicyclic) bond motifs is 1. The number of aryl methyl sites for hydroxylation is 1. The first kappa shape index (κ1) is 21.9. The lowest BCUT2D eigenvalue weighted by Crippen LogP contribution is -2.29. The number of aromatic hydroxyl groups is 2. The van der Waals surface area contributed by atoms with Gasteiger partial charge in [0.15, 0.2) is 11.5 Å². The number of H-pyrrole nitrogens is 1. The van der Waals surface area contributed by atoms with E-state index < -0.39 is 6.04 Å². The first-order chi connectivity index (χ1) is 16.4. The van der Waals surface area contributed by atoms with Gasteiger partial charge in [-0.1, -0.05) is 17.7 Å². The molecule has 0 unspecified atom stereocenters. The van der Waals surface area contributed by atoms with Crippen LogP contribution in [-0.2, 0) is 6.54 Å². The summed E-state index contributed by atoms with van der Waals surface area (Å²) in [5.74, 6) is 0.669. The second-order valence-electron chi connectivity index (χ2n) is 8.05. The predicted octanol–water partition coefficient (Wildman–Crippen LogP) is 5.19. The van der Waals surface area contributed by atoms with Crippen LogP contribution in [0.5, 0.6) is 17.2 Å². The van der Waals surface area contributed by atoms with Gasteiger partial charge in [-0.15, -0.1) is 0 Å². The maximum atomic E-state index is 13.5. The van der Waals surface area contributed by atoms with Crippen LogP contribution in [0.4, 0.5) is 0 Å². The molecule has 2 aromatic heterocycles. The van der Waals surface area contributed by atoms with Crippen molar-refractivity contribution in [2.75, 3.05) is 6.61 Å². The van der Waals surface area contributed by atoms with Gasteiger partial charge in [0.1, 0.15) is 22.9 Å².